The van der Waals surface area contributed by atoms with Crippen LogP contribution in [0.3, 0.4) is 0 Å². The van der Waals surface area contributed by atoms with Crippen molar-refractivity contribution in [1.29, 1.82) is 0 Å². The van der Waals surface area contributed by atoms with Crippen LogP contribution in [0, 0.1) is 5.92 Å². The molecule has 2 heterocycles. The predicted octanol–water partition coefficient (Wildman–Crippen LogP) is 4.20. The average Bonchev–Trinajstić information content (AvgIpc) is 3.05. The number of fused-ring (bicyclic) bond motifs is 1. The van der Waals surface area contributed by atoms with E-state index in [1.165, 1.54) is 6.07 Å². The lowest BCUT2D eigenvalue weighted by atomic mass is 9.98. The van der Waals surface area contributed by atoms with E-state index in [-0.39, 0.29) is 17.6 Å². The number of carbonyl (C=O) groups is 1. The molecule has 0 saturated carbocycles. The maximum atomic E-state index is 13.0. The zero-order chi connectivity index (χ0) is 18.2. The molecule has 138 valence electrons. The fourth-order valence-electron chi connectivity index (χ4n) is 3.08. The van der Waals surface area contributed by atoms with Crippen molar-refractivity contribution in [2.24, 2.45) is 5.92 Å². The molecule has 25 heavy (non-hydrogen) atoms. The van der Waals surface area contributed by atoms with E-state index in [4.69, 9.17) is 4.74 Å². The molecular formula is C18H23F2NO4. The van der Waals surface area contributed by atoms with Crippen molar-refractivity contribution in [1.82, 2.24) is 4.90 Å². The summed E-state index contributed by atoms with van der Waals surface area (Å²) in [6, 6.07) is 4.87. The minimum Gasteiger partial charge on any atom is -0.444 e. The number of amides is 1. The van der Waals surface area contributed by atoms with Gasteiger partial charge in [-0.15, -0.1) is 8.78 Å². The van der Waals surface area contributed by atoms with Gasteiger partial charge >= 0.3 is 12.4 Å². The van der Waals surface area contributed by atoms with Gasteiger partial charge in [-0.05, 0) is 63.6 Å². The van der Waals surface area contributed by atoms with Crippen LogP contribution in [0.2, 0.25) is 0 Å². The third kappa shape index (κ3) is 4.52. The minimum atomic E-state index is -3.58. The van der Waals surface area contributed by atoms with Gasteiger partial charge in [-0.3, -0.25) is 0 Å². The van der Waals surface area contributed by atoms with Crippen molar-refractivity contribution in [2.75, 3.05) is 13.1 Å². The summed E-state index contributed by atoms with van der Waals surface area (Å²) in [7, 11) is 0. The molecule has 2 aliphatic rings. The summed E-state index contributed by atoms with van der Waals surface area (Å²) in [6.45, 7) is 6.90. The van der Waals surface area contributed by atoms with E-state index in [0.717, 1.165) is 24.8 Å². The highest BCUT2D eigenvalue weighted by Crippen LogP contribution is 2.41. The molecule has 5 nitrogen and oxygen atoms in total. The van der Waals surface area contributed by atoms with Crippen molar-refractivity contribution in [3.63, 3.8) is 0 Å². The average molecular weight is 355 g/mol. The van der Waals surface area contributed by atoms with Gasteiger partial charge in [0.1, 0.15) is 5.60 Å². The molecule has 0 aliphatic carbocycles. The molecule has 0 N–H and O–H groups in total. The van der Waals surface area contributed by atoms with E-state index in [0.29, 0.717) is 19.0 Å². The van der Waals surface area contributed by atoms with Crippen LogP contribution in [0.1, 0.15) is 39.2 Å². The molecule has 1 fully saturated rings. The molecule has 0 bridgehead atoms. The van der Waals surface area contributed by atoms with Crippen LogP contribution < -0.4 is 9.47 Å². The molecule has 1 atom stereocenters. The van der Waals surface area contributed by atoms with Crippen LogP contribution >= 0.6 is 0 Å². The fourth-order valence-corrected chi connectivity index (χ4v) is 3.08. The van der Waals surface area contributed by atoms with Crippen LogP contribution in [0.25, 0.3) is 0 Å². The Morgan fingerprint density at radius 3 is 2.76 bits per heavy atom. The van der Waals surface area contributed by atoms with Gasteiger partial charge < -0.3 is 19.1 Å². The number of halogens is 2. The third-order valence-corrected chi connectivity index (χ3v) is 4.24. The zero-order valence-corrected chi connectivity index (χ0v) is 14.7. The number of hydrogen-bond donors (Lipinski definition) is 0. The van der Waals surface area contributed by atoms with Crippen LogP contribution in [-0.2, 0) is 11.2 Å². The first-order valence-electron chi connectivity index (χ1n) is 8.48. The van der Waals surface area contributed by atoms with Gasteiger partial charge in [-0.2, -0.15) is 0 Å². The summed E-state index contributed by atoms with van der Waals surface area (Å²) >= 11 is 0. The molecule has 2 aliphatic heterocycles. The number of aryl methyl sites for hydroxylation is 1. The van der Waals surface area contributed by atoms with E-state index >= 15 is 0 Å². The first-order chi connectivity index (χ1) is 11.6. The first-order valence-corrected chi connectivity index (χ1v) is 8.48. The number of ether oxygens (including phenoxy) is 3. The summed E-state index contributed by atoms with van der Waals surface area (Å²) in [5.74, 6) is 0.509. The Balaban J connectivity index is 1.50. The quantitative estimate of drug-likeness (QED) is 0.815. The van der Waals surface area contributed by atoms with Gasteiger partial charge in [0.25, 0.3) is 0 Å². The van der Waals surface area contributed by atoms with Gasteiger partial charge in [0.15, 0.2) is 11.5 Å². The second kappa shape index (κ2) is 6.35. The number of benzene rings is 1. The lowest BCUT2D eigenvalue weighted by Crippen LogP contribution is -2.35. The largest absolute Gasteiger partial charge is 0.586 e. The van der Waals surface area contributed by atoms with Gasteiger partial charge in [0.05, 0.1) is 0 Å². The number of rotatable bonds is 3. The monoisotopic (exact) mass is 355 g/mol. The summed E-state index contributed by atoms with van der Waals surface area (Å²) in [5.41, 5.74) is 0.416. The van der Waals surface area contributed by atoms with Crippen LogP contribution in [-0.4, -0.2) is 36.0 Å². The molecule has 3 rings (SSSR count). The fraction of sp³-hybridized carbons (Fsp3) is 0.611. The van der Waals surface area contributed by atoms with E-state index in [1.807, 2.05) is 20.8 Å². The van der Waals surface area contributed by atoms with Crippen molar-refractivity contribution in [2.45, 2.75) is 51.9 Å². The Bertz CT molecular complexity index is 657. The number of carbonyl (C=O) groups excluding carboxylic acids is 1. The maximum absolute atomic E-state index is 13.0. The highest BCUT2D eigenvalue weighted by atomic mass is 19.3. The van der Waals surface area contributed by atoms with Gasteiger partial charge in [-0.1, -0.05) is 6.07 Å². The van der Waals surface area contributed by atoms with Gasteiger partial charge in [0, 0.05) is 13.1 Å². The topological polar surface area (TPSA) is 48.0 Å². The van der Waals surface area contributed by atoms with Crippen molar-refractivity contribution >= 4 is 6.09 Å². The second-order valence-corrected chi connectivity index (χ2v) is 7.57. The Morgan fingerprint density at radius 1 is 1.32 bits per heavy atom. The Morgan fingerprint density at radius 2 is 2.04 bits per heavy atom. The predicted molar refractivity (Wildman–Crippen MR) is 86.9 cm³/mol. The first kappa shape index (κ1) is 17.8. The van der Waals surface area contributed by atoms with Gasteiger partial charge in [0.2, 0.25) is 0 Å². The van der Waals surface area contributed by atoms with E-state index in [1.54, 1.807) is 17.0 Å². The maximum Gasteiger partial charge on any atom is 0.586 e. The van der Waals surface area contributed by atoms with Crippen LogP contribution in [0.15, 0.2) is 18.2 Å². The van der Waals surface area contributed by atoms with E-state index in [9.17, 15) is 13.6 Å². The van der Waals surface area contributed by atoms with Crippen molar-refractivity contribution in [3.8, 4) is 11.5 Å². The van der Waals surface area contributed by atoms with E-state index < -0.39 is 11.9 Å². The lowest BCUT2D eigenvalue weighted by Gasteiger charge is -2.24. The summed E-state index contributed by atoms with van der Waals surface area (Å²) in [6.07, 6.45) is -1.34. The number of alkyl halides is 2. The molecular weight excluding hydrogens is 332 g/mol. The third-order valence-electron chi connectivity index (χ3n) is 4.24. The van der Waals surface area contributed by atoms with Crippen molar-refractivity contribution < 1.29 is 27.8 Å². The number of nitrogens with zero attached hydrogens (tertiary/aromatic N) is 1. The van der Waals surface area contributed by atoms with Crippen molar-refractivity contribution in [3.05, 3.63) is 23.8 Å². The lowest BCUT2D eigenvalue weighted by molar-refractivity contribution is -0.286. The molecule has 1 aromatic rings. The normalized spacial score (nSPS) is 21.5. The molecule has 1 unspecified atom stereocenters. The Hall–Kier alpha value is -2.05. The van der Waals surface area contributed by atoms with Crippen LogP contribution in [0.5, 0.6) is 11.5 Å². The molecule has 1 aromatic carbocycles. The number of likely N-dealkylation sites (tertiary alicyclic amines) is 1. The minimum absolute atomic E-state index is 0.0608. The summed E-state index contributed by atoms with van der Waals surface area (Å²) in [4.78, 5) is 13.8. The molecule has 1 amide bonds. The van der Waals surface area contributed by atoms with Crippen LogP contribution in [0.4, 0.5) is 13.6 Å². The smallest absolute Gasteiger partial charge is 0.444 e. The molecule has 1 saturated heterocycles. The zero-order valence-electron chi connectivity index (χ0n) is 14.7. The Kier molecular flexibility index (Phi) is 4.51. The number of hydrogen-bond acceptors (Lipinski definition) is 4. The SMILES string of the molecule is CC(C)(C)OC(=O)N1CCC(CCc2ccc3c(c2)OC(F)(F)O3)C1. The van der Waals surface area contributed by atoms with E-state index in [2.05, 4.69) is 9.47 Å². The Labute approximate surface area is 145 Å². The summed E-state index contributed by atoms with van der Waals surface area (Å²) < 4.78 is 40.3. The van der Waals surface area contributed by atoms with Gasteiger partial charge in [-0.25, -0.2) is 4.79 Å². The standard InChI is InChI=1S/C18H23F2NO4/c1-17(2,3)25-16(22)21-9-8-13(11-21)5-4-12-6-7-14-15(10-12)24-18(19,20)23-14/h6-7,10,13H,4-5,8-9,11H2,1-3H3. The highest BCUT2D eigenvalue weighted by Gasteiger charge is 2.43. The molecule has 0 spiro atoms. The second-order valence-electron chi connectivity index (χ2n) is 7.57. The molecule has 0 radical (unpaired) electrons. The summed E-state index contributed by atoms with van der Waals surface area (Å²) in [5, 5.41) is 0. The molecule has 0 aromatic heterocycles. The molecule has 7 heteroatoms. The highest BCUT2D eigenvalue weighted by molar-refractivity contribution is 5.68.